The fraction of sp³-hybridized carbons (Fsp3) is 0.381. The molecule has 0 saturated carbocycles. The molecule has 0 bridgehead atoms. The molecule has 26 heavy (non-hydrogen) atoms. The number of likely N-dealkylation sites (N-methyl/N-ethyl adjacent to an activating group) is 1. The van der Waals surface area contributed by atoms with E-state index in [0.29, 0.717) is 6.54 Å². The molecule has 0 fully saturated rings. The number of rotatable bonds is 9. The number of aliphatic hydroxyl groups excluding tert-OH is 1. The number of ether oxygens (including phenoxy) is 1. The SMILES string of the molecule is CCN(CC)CC(O)COC(=O)C(c1ccccc1)c1ccccc1.Cl. The largest absolute Gasteiger partial charge is 0.462 e. The molecular weight excluding hydrogens is 350 g/mol. The number of halogens is 1. The van der Waals surface area contributed by atoms with Gasteiger partial charge in [-0.3, -0.25) is 4.79 Å². The highest BCUT2D eigenvalue weighted by Crippen LogP contribution is 2.26. The van der Waals surface area contributed by atoms with Crippen LogP contribution in [0, 0.1) is 0 Å². The minimum Gasteiger partial charge on any atom is -0.462 e. The first-order valence-corrected chi connectivity index (χ1v) is 8.82. The van der Waals surface area contributed by atoms with Crippen molar-refractivity contribution in [2.75, 3.05) is 26.2 Å². The summed E-state index contributed by atoms with van der Waals surface area (Å²) >= 11 is 0. The molecule has 0 radical (unpaired) electrons. The van der Waals surface area contributed by atoms with Crippen LogP contribution in [0.15, 0.2) is 60.7 Å². The van der Waals surface area contributed by atoms with Crippen molar-refractivity contribution in [3.8, 4) is 0 Å². The molecule has 0 aliphatic carbocycles. The van der Waals surface area contributed by atoms with E-state index in [9.17, 15) is 9.90 Å². The van der Waals surface area contributed by atoms with Gasteiger partial charge >= 0.3 is 5.97 Å². The minimum absolute atomic E-state index is 0. The molecule has 0 aromatic heterocycles. The molecule has 2 aromatic rings. The first-order valence-electron chi connectivity index (χ1n) is 8.82. The lowest BCUT2D eigenvalue weighted by molar-refractivity contribution is -0.147. The highest BCUT2D eigenvalue weighted by Gasteiger charge is 2.25. The predicted molar refractivity (Wildman–Crippen MR) is 107 cm³/mol. The van der Waals surface area contributed by atoms with Crippen molar-refractivity contribution in [2.24, 2.45) is 0 Å². The van der Waals surface area contributed by atoms with Crippen molar-refractivity contribution < 1.29 is 14.6 Å². The van der Waals surface area contributed by atoms with Gasteiger partial charge in [-0.2, -0.15) is 0 Å². The van der Waals surface area contributed by atoms with E-state index in [4.69, 9.17) is 4.74 Å². The lowest BCUT2D eigenvalue weighted by Crippen LogP contribution is -2.35. The van der Waals surface area contributed by atoms with Gasteiger partial charge in [-0.05, 0) is 24.2 Å². The number of carbonyl (C=O) groups excluding carboxylic acids is 1. The number of aliphatic hydroxyl groups is 1. The Morgan fingerprint density at radius 1 is 0.962 bits per heavy atom. The van der Waals surface area contributed by atoms with Gasteiger partial charge in [-0.1, -0.05) is 74.5 Å². The zero-order valence-corrected chi connectivity index (χ0v) is 16.2. The normalized spacial score (nSPS) is 11.9. The van der Waals surface area contributed by atoms with E-state index in [-0.39, 0.29) is 25.0 Å². The fourth-order valence-corrected chi connectivity index (χ4v) is 2.85. The van der Waals surface area contributed by atoms with Gasteiger partial charge in [0.05, 0.1) is 0 Å². The van der Waals surface area contributed by atoms with Crippen LogP contribution in [-0.2, 0) is 9.53 Å². The smallest absolute Gasteiger partial charge is 0.318 e. The predicted octanol–water partition coefficient (Wildman–Crippen LogP) is 3.49. The number of carbonyl (C=O) groups is 1. The van der Waals surface area contributed by atoms with Crippen LogP contribution >= 0.6 is 12.4 Å². The van der Waals surface area contributed by atoms with Crippen molar-refractivity contribution in [3.63, 3.8) is 0 Å². The van der Waals surface area contributed by atoms with E-state index >= 15 is 0 Å². The topological polar surface area (TPSA) is 49.8 Å². The van der Waals surface area contributed by atoms with Gasteiger partial charge in [0, 0.05) is 6.54 Å². The number of hydrogen-bond acceptors (Lipinski definition) is 4. The van der Waals surface area contributed by atoms with E-state index in [2.05, 4.69) is 4.90 Å². The maximum atomic E-state index is 12.7. The standard InChI is InChI=1S/C21H27NO3.ClH/c1-3-22(4-2)15-19(23)16-25-21(24)20(17-11-7-5-8-12-17)18-13-9-6-10-14-18;/h5-14,19-20,23H,3-4,15-16H2,1-2H3;1H. The highest BCUT2D eigenvalue weighted by molar-refractivity contribution is 5.85. The average molecular weight is 378 g/mol. The monoisotopic (exact) mass is 377 g/mol. The molecule has 0 aliphatic heterocycles. The Hall–Kier alpha value is -1.88. The summed E-state index contributed by atoms with van der Waals surface area (Å²) in [4.78, 5) is 14.8. The maximum absolute atomic E-state index is 12.7. The second-order valence-electron chi connectivity index (χ2n) is 6.02. The van der Waals surface area contributed by atoms with Gasteiger partial charge in [0.25, 0.3) is 0 Å². The lowest BCUT2D eigenvalue weighted by Gasteiger charge is -2.23. The molecule has 2 aromatic carbocycles. The van der Waals surface area contributed by atoms with Gasteiger partial charge in [-0.25, -0.2) is 0 Å². The van der Waals surface area contributed by atoms with Crippen LogP contribution in [0.4, 0.5) is 0 Å². The van der Waals surface area contributed by atoms with Crippen LogP contribution < -0.4 is 0 Å². The summed E-state index contributed by atoms with van der Waals surface area (Å²) in [5, 5.41) is 10.1. The van der Waals surface area contributed by atoms with Crippen molar-refractivity contribution in [2.45, 2.75) is 25.9 Å². The summed E-state index contributed by atoms with van der Waals surface area (Å²) in [6.07, 6.45) is -0.684. The van der Waals surface area contributed by atoms with E-state index in [1.165, 1.54) is 0 Å². The zero-order valence-electron chi connectivity index (χ0n) is 15.4. The Bertz CT molecular complexity index is 593. The van der Waals surface area contributed by atoms with Crippen molar-refractivity contribution in [1.29, 1.82) is 0 Å². The summed E-state index contributed by atoms with van der Waals surface area (Å²) in [5.74, 6) is -0.820. The van der Waals surface area contributed by atoms with Crippen LogP contribution in [0.5, 0.6) is 0 Å². The summed E-state index contributed by atoms with van der Waals surface area (Å²) < 4.78 is 5.45. The van der Waals surface area contributed by atoms with Gasteiger partial charge in [0.1, 0.15) is 18.6 Å². The minimum atomic E-state index is -0.684. The number of hydrogen-bond donors (Lipinski definition) is 1. The Morgan fingerprint density at radius 3 is 1.85 bits per heavy atom. The quantitative estimate of drug-likeness (QED) is 0.679. The second kappa shape index (κ2) is 11.7. The Kier molecular flexibility index (Phi) is 9.96. The van der Waals surface area contributed by atoms with Crippen molar-refractivity contribution >= 4 is 18.4 Å². The number of benzene rings is 2. The van der Waals surface area contributed by atoms with Gasteiger partial charge in [0.15, 0.2) is 0 Å². The molecule has 1 N–H and O–H groups in total. The highest BCUT2D eigenvalue weighted by atomic mass is 35.5. The van der Waals surface area contributed by atoms with E-state index in [1.54, 1.807) is 0 Å². The van der Waals surface area contributed by atoms with E-state index < -0.39 is 12.0 Å². The Balaban J connectivity index is 0.00000338. The zero-order chi connectivity index (χ0) is 18.1. The second-order valence-corrected chi connectivity index (χ2v) is 6.02. The molecule has 4 nitrogen and oxygen atoms in total. The molecule has 0 spiro atoms. The molecule has 0 saturated heterocycles. The fourth-order valence-electron chi connectivity index (χ4n) is 2.85. The first kappa shape index (κ1) is 22.2. The number of esters is 1. The summed E-state index contributed by atoms with van der Waals surface area (Å²) in [7, 11) is 0. The van der Waals surface area contributed by atoms with Gasteiger partial charge in [-0.15, -0.1) is 12.4 Å². The van der Waals surface area contributed by atoms with Crippen LogP contribution in [0.3, 0.4) is 0 Å². The number of nitrogens with zero attached hydrogens (tertiary/aromatic N) is 1. The Labute approximate surface area is 162 Å². The third-order valence-electron chi connectivity index (χ3n) is 4.28. The molecule has 0 aliphatic rings. The summed E-state index contributed by atoms with van der Waals surface area (Å²) in [5.41, 5.74) is 1.77. The third-order valence-corrected chi connectivity index (χ3v) is 4.28. The van der Waals surface area contributed by atoms with Crippen molar-refractivity contribution in [1.82, 2.24) is 4.90 Å². The van der Waals surface area contributed by atoms with E-state index in [0.717, 1.165) is 24.2 Å². The lowest BCUT2D eigenvalue weighted by atomic mass is 9.91. The van der Waals surface area contributed by atoms with Crippen LogP contribution in [-0.4, -0.2) is 48.3 Å². The van der Waals surface area contributed by atoms with Gasteiger partial charge in [0.2, 0.25) is 0 Å². The van der Waals surface area contributed by atoms with Crippen molar-refractivity contribution in [3.05, 3.63) is 71.8 Å². The Morgan fingerprint density at radius 2 is 1.42 bits per heavy atom. The van der Waals surface area contributed by atoms with Crippen LogP contribution in [0.25, 0.3) is 0 Å². The molecular formula is C21H28ClNO3. The van der Waals surface area contributed by atoms with Crippen LogP contribution in [0.2, 0.25) is 0 Å². The molecule has 0 heterocycles. The van der Waals surface area contributed by atoms with E-state index in [1.807, 2.05) is 74.5 Å². The van der Waals surface area contributed by atoms with Crippen LogP contribution in [0.1, 0.15) is 30.9 Å². The average Bonchev–Trinajstić information content (AvgIpc) is 2.66. The maximum Gasteiger partial charge on any atom is 0.318 e. The molecule has 1 atom stereocenters. The summed E-state index contributed by atoms with van der Waals surface area (Å²) in [6, 6.07) is 19.2. The van der Waals surface area contributed by atoms with Gasteiger partial charge < -0.3 is 14.7 Å². The molecule has 1 unspecified atom stereocenters. The summed E-state index contributed by atoms with van der Waals surface area (Å²) in [6.45, 7) is 6.32. The molecule has 142 valence electrons. The molecule has 2 rings (SSSR count). The third kappa shape index (κ3) is 6.45. The first-order chi connectivity index (χ1) is 12.2. The molecule has 5 heteroatoms. The molecule has 0 amide bonds.